The standard InChI is InChI=1S/C13H12F4N4O3/c14-9-3-8(13(15,16)17)2-1-7(9)6-24-11-5-21(12(22)23)4-10(11)19-20-18/h1-3,10-11H,4-6H2,(H,22,23)/t10-,11-/m1/s1. The number of benzene rings is 1. The molecule has 1 aliphatic heterocycles. The molecule has 1 aromatic rings. The number of hydrogen-bond acceptors (Lipinski definition) is 3. The van der Waals surface area contributed by atoms with Gasteiger partial charge >= 0.3 is 12.3 Å². The average Bonchev–Trinajstić information content (AvgIpc) is 2.89. The van der Waals surface area contributed by atoms with Gasteiger partial charge in [0.05, 0.1) is 30.9 Å². The van der Waals surface area contributed by atoms with Crippen molar-refractivity contribution in [1.29, 1.82) is 0 Å². The van der Waals surface area contributed by atoms with Gasteiger partial charge in [0.15, 0.2) is 0 Å². The van der Waals surface area contributed by atoms with Crippen molar-refractivity contribution in [1.82, 2.24) is 4.90 Å². The van der Waals surface area contributed by atoms with Gasteiger partial charge in [0, 0.05) is 17.0 Å². The second kappa shape index (κ2) is 6.93. The Morgan fingerprint density at radius 1 is 1.46 bits per heavy atom. The van der Waals surface area contributed by atoms with Crippen LogP contribution >= 0.6 is 0 Å². The maximum atomic E-state index is 13.7. The fourth-order valence-corrected chi connectivity index (χ4v) is 2.29. The number of likely N-dealkylation sites (tertiary alicyclic amines) is 1. The van der Waals surface area contributed by atoms with E-state index in [2.05, 4.69) is 10.0 Å². The Kier molecular flexibility index (Phi) is 5.15. The maximum absolute atomic E-state index is 13.7. The van der Waals surface area contributed by atoms with Gasteiger partial charge in [0.1, 0.15) is 5.82 Å². The van der Waals surface area contributed by atoms with Crippen LogP contribution in [0.5, 0.6) is 0 Å². The molecule has 1 aliphatic rings. The molecule has 0 aliphatic carbocycles. The van der Waals surface area contributed by atoms with Crippen molar-refractivity contribution in [2.45, 2.75) is 24.9 Å². The van der Waals surface area contributed by atoms with E-state index in [1.54, 1.807) is 0 Å². The average molecular weight is 348 g/mol. The highest BCUT2D eigenvalue weighted by Crippen LogP contribution is 2.30. The van der Waals surface area contributed by atoms with Crippen molar-refractivity contribution in [3.63, 3.8) is 0 Å². The lowest BCUT2D eigenvalue weighted by atomic mass is 10.1. The Morgan fingerprint density at radius 3 is 2.71 bits per heavy atom. The molecular weight excluding hydrogens is 336 g/mol. The lowest BCUT2D eigenvalue weighted by molar-refractivity contribution is -0.137. The number of carbonyl (C=O) groups is 1. The van der Waals surface area contributed by atoms with Crippen LogP contribution in [0.25, 0.3) is 10.4 Å². The third-order valence-corrected chi connectivity index (χ3v) is 3.54. The van der Waals surface area contributed by atoms with Gasteiger partial charge in [-0.15, -0.1) is 0 Å². The summed E-state index contributed by atoms with van der Waals surface area (Å²) in [4.78, 5) is 14.5. The molecule has 0 aromatic heterocycles. The summed E-state index contributed by atoms with van der Waals surface area (Å²) in [5.74, 6) is -1.08. The smallest absolute Gasteiger partial charge is 0.416 e. The molecule has 0 unspecified atom stereocenters. The Morgan fingerprint density at radius 2 is 2.17 bits per heavy atom. The quantitative estimate of drug-likeness (QED) is 0.391. The minimum absolute atomic E-state index is 0.0699. The summed E-state index contributed by atoms with van der Waals surface area (Å²) in [7, 11) is 0. The highest BCUT2D eigenvalue weighted by molar-refractivity contribution is 5.65. The van der Waals surface area contributed by atoms with E-state index < -0.39 is 35.8 Å². The minimum Gasteiger partial charge on any atom is -0.465 e. The van der Waals surface area contributed by atoms with E-state index in [9.17, 15) is 22.4 Å². The first-order valence-electron chi connectivity index (χ1n) is 6.71. The van der Waals surface area contributed by atoms with Crippen LogP contribution in [0.1, 0.15) is 11.1 Å². The van der Waals surface area contributed by atoms with E-state index >= 15 is 0 Å². The molecule has 2 rings (SSSR count). The van der Waals surface area contributed by atoms with Gasteiger partial charge in [0.2, 0.25) is 0 Å². The van der Waals surface area contributed by atoms with Crippen LogP contribution in [0.2, 0.25) is 0 Å². The summed E-state index contributed by atoms with van der Waals surface area (Å²) in [5, 5.41) is 12.3. The van der Waals surface area contributed by atoms with Gasteiger partial charge in [-0.3, -0.25) is 0 Å². The van der Waals surface area contributed by atoms with E-state index in [0.717, 1.165) is 17.0 Å². The molecule has 1 heterocycles. The van der Waals surface area contributed by atoms with Crippen LogP contribution in [0.4, 0.5) is 22.4 Å². The Bertz CT molecular complexity index is 676. The van der Waals surface area contributed by atoms with Gasteiger partial charge in [0.25, 0.3) is 0 Å². The number of alkyl halides is 3. The second-order valence-electron chi connectivity index (χ2n) is 5.11. The van der Waals surface area contributed by atoms with Gasteiger partial charge in [-0.1, -0.05) is 11.2 Å². The molecular formula is C13H12F4N4O3. The SMILES string of the molecule is [N-]=[N+]=N[C@@H]1CN(C(=O)O)C[C@H]1OCc1ccc(C(F)(F)F)cc1F. The molecule has 1 aromatic carbocycles. The monoisotopic (exact) mass is 348 g/mol. The van der Waals surface area contributed by atoms with Crippen LogP contribution in [-0.2, 0) is 17.5 Å². The van der Waals surface area contributed by atoms with Crippen molar-refractivity contribution in [3.05, 3.63) is 45.6 Å². The molecule has 0 saturated carbocycles. The lowest BCUT2D eigenvalue weighted by Gasteiger charge is -2.16. The largest absolute Gasteiger partial charge is 0.465 e. The van der Waals surface area contributed by atoms with Crippen molar-refractivity contribution in [3.8, 4) is 0 Å². The van der Waals surface area contributed by atoms with Gasteiger partial charge in [-0.05, 0) is 17.7 Å². The predicted octanol–water partition coefficient (Wildman–Crippen LogP) is 3.40. The zero-order chi connectivity index (χ0) is 17.9. The highest BCUT2D eigenvalue weighted by Gasteiger charge is 2.36. The van der Waals surface area contributed by atoms with Crippen molar-refractivity contribution in [2.24, 2.45) is 5.11 Å². The van der Waals surface area contributed by atoms with Crippen LogP contribution in [-0.4, -0.2) is 41.3 Å². The normalized spacial score (nSPS) is 20.8. The first-order valence-corrected chi connectivity index (χ1v) is 6.71. The summed E-state index contributed by atoms with van der Waals surface area (Å²) in [5.41, 5.74) is 7.24. The van der Waals surface area contributed by atoms with Gasteiger partial charge < -0.3 is 14.7 Å². The molecule has 1 saturated heterocycles. The molecule has 2 atom stereocenters. The van der Waals surface area contributed by atoms with E-state index in [1.165, 1.54) is 0 Å². The number of azide groups is 1. The minimum atomic E-state index is -4.65. The highest BCUT2D eigenvalue weighted by atomic mass is 19.4. The summed E-state index contributed by atoms with van der Waals surface area (Å²) in [6, 6.07) is 1.25. The molecule has 0 spiro atoms. The summed E-state index contributed by atoms with van der Waals surface area (Å²) < 4.78 is 56.5. The molecule has 24 heavy (non-hydrogen) atoms. The Balaban J connectivity index is 2.06. The Hall–Kier alpha value is -2.52. The third kappa shape index (κ3) is 4.06. The molecule has 11 heteroatoms. The molecule has 7 nitrogen and oxygen atoms in total. The van der Waals surface area contributed by atoms with Crippen LogP contribution in [0.15, 0.2) is 23.3 Å². The van der Waals surface area contributed by atoms with Crippen LogP contribution < -0.4 is 0 Å². The first-order chi connectivity index (χ1) is 11.2. The van der Waals surface area contributed by atoms with E-state index in [1.807, 2.05) is 0 Å². The van der Waals surface area contributed by atoms with Crippen LogP contribution in [0, 0.1) is 5.82 Å². The fraction of sp³-hybridized carbons (Fsp3) is 0.462. The summed E-state index contributed by atoms with van der Waals surface area (Å²) in [6.45, 7) is -0.527. The fourth-order valence-electron chi connectivity index (χ4n) is 2.29. The number of ether oxygens (including phenoxy) is 1. The van der Waals surface area contributed by atoms with E-state index in [4.69, 9.17) is 15.4 Å². The molecule has 130 valence electrons. The topological polar surface area (TPSA) is 98.5 Å². The molecule has 1 amide bonds. The maximum Gasteiger partial charge on any atom is 0.416 e. The number of halogens is 4. The zero-order valence-electron chi connectivity index (χ0n) is 12.1. The number of hydrogen-bond donors (Lipinski definition) is 1. The van der Waals surface area contributed by atoms with Gasteiger partial charge in [-0.2, -0.15) is 13.2 Å². The molecule has 0 radical (unpaired) electrons. The first kappa shape index (κ1) is 17.8. The van der Waals surface area contributed by atoms with Crippen molar-refractivity contribution < 1.29 is 32.2 Å². The number of carboxylic acid groups (broad SMARTS) is 1. The number of rotatable bonds is 4. The van der Waals surface area contributed by atoms with Crippen molar-refractivity contribution >= 4 is 6.09 Å². The molecule has 1 N–H and O–H groups in total. The predicted molar refractivity (Wildman–Crippen MR) is 72.5 cm³/mol. The van der Waals surface area contributed by atoms with E-state index in [-0.39, 0.29) is 25.3 Å². The number of amides is 1. The number of nitrogens with zero attached hydrogens (tertiary/aromatic N) is 4. The van der Waals surface area contributed by atoms with Crippen LogP contribution in [0.3, 0.4) is 0 Å². The summed E-state index contributed by atoms with van der Waals surface area (Å²) in [6.07, 6.45) is -6.68. The summed E-state index contributed by atoms with van der Waals surface area (Å²) >= 11 is 0. The third-order valence-electron chi connectivity index (χ3n) is 3.54. The van der Waals surface area contributed by atoms with Gasteiger partial charge in [-0.25, -0.2) is 9.18 Å². The van der Waals surface area contributed by atoms with E-state index in [0.29, 0.717) is 6.07 Å². The second-order valence-corrected chi connectivity index (χ2v) is 5.11. The molecule has 1 fully saturated rings. The Labute approximate surface area is 133 Å². The molecule has 0 bridgehead atoms. The zero-order valence-corrected chi connectivity index (χ0v) is 12.1. The lowest BCUT2D eigenvalue weighted by Crippen LogP contribution is -2.28. The van der Waals surface area contributed by atoms with Crippen molar-refractivity contribution in [2.75, 3.05) is 13.1 Å².